The zero-order valence-electron chi connectivity index (χ0n) is 14.1. The van der Waals surface area contributed by atoms with Gasteiger partial charge in [0.1, 0.15) is 6.54 Å². The zero-order valence-corrected chi connectivity index (χ0v) is 14.1. The maximum Gasteiger partial charge on any atom is 0.403 e. The molecule has 25 heavy (non-hydrogen) atoms. The van der Waals surface area contributed by atoms with Gasteiger partial charge in [0.05, 0.1) is 17.5 Å². The van der Waals surface area contributed by atoms with Crippen molar-refractivity contribution in [1.29, 1.82) is 0 Å². The molecule has 0 radical (unpaired) electrons. The smallest absolute Gasteiger partial charge is 0.403 e. The first-order chi connectivity index (χ1) is 12.1. The first kappa shape index (κ1) is 15.5. The van der Waals surface area contributed by atoms with Crippen molar-refractivity contribution in [1.82, 2.24) is 4.57 Å². The molecule has 4 rings (SSSR count). The van der Waals surface area contributed by atoms with Gasteiger partial charge < -0.3 is 4.42 Å². The molecule has 6 heteroatoms. The summed E-state index contributed by atoms with van der Waals surface area (Å²) < 4.78 is 8.71. The zero-order chi connectivity index (χ0) is 17.6. The Balaban J connectivity index is 1.90. The number of hydrogen-bond acceptors (Lipinski definition) is 4. The summed E-state index contributed by atoms with van der Waals surface area (Å²) >= 11 is 0. The molecule has 2 aliphatic rings. The van der Waals surface area contributed by atoms with Gasteiger partial charge in [-0.25, -0.2) is 4.57 Å². The van der Waals surface area contributed by atoms with Gasteiger partial charge in [-0.2, -0.15) is 4.57 Å². The molecule has 1 atom stereocenters. The van der Waals surface area contributed by atoms with E-state index in [1.165, 1.54) is 6.26 Å². The SMILES string of the molecule is CCc1c(C)[n+](CC(=O)c2ccco2)c2n(c1=O)C1C=CC=CC1=N2. The van der Waals surface area contributed by atoms with Crippen LogP contribution in [0.25, 0.3) is 0 Å². The van der Waals surface area contributed by atoms with Crippen LogP contribution in [0, 0.1) is 6.92 Å². The van der Waals surface area contributed by atoms with E-state index in [1.807, 2.05) is 42.7 Å². The molecule has 0 N–H and O–H groups in total. The molecular formula is C19H18N3O3+. The van der Waals surface area contributed by atoms with Crippen LogP contribution in [-0.4, -0.2) is 16.1 Å². The Morgan fingerprint density at radius 1 is 1.40 bits per heavy atom. The van der Waals surface area contributed by atoms with Gasteiger partial charge in [0.2, 0.25) is 5.78 Å². The van der Waals surface area contributed by atoms with Crippen LogP contribution in [0.3, 0.4) is 0 Å². The number of Topliss-reactive ketones (excluding diaryl/α,β-unsaturated/α-hetero) is 1. The molecule has 0 amide bonds. The monoisotopic (exact) mass is 336 g/mol. The van der Waals surface area contributed by atoms with E-state index in [9.17, 15) is 9.59 Å². The largest absolute Gasteiger partial charge is 0.461 e. The van der Waals surface area contributed by atoms with Gasteiger partial charge in [-0.1, -0.05) is 24.1 Å². The summed E-state index contributed by atoms with van der Waals surface area (Å²) in [6.45, 7) is 3.89. The summed E-state index contributed by atoms with van der Waals surface area (Å²) in [5.74, 6) is 0.663. The molecule has 2 aromatic heterocycles. The van der Waals surface area contributed by atoms with Crippen LogP contribution in [0.1, 0.15) is 34.8 Å². The van der Waals surface area contributed by atoms with Crippen molar-refractivity contribution in [3.63, 3.8) is 0 Å². The van der Waals surface area contributed by atoms with E-state index in [4.69, 9.17) is 4.42 Å². The van der Waals surface area contributed by atoms with Crippen LogP contribution in [0.2, 0.25) is 0 Å². The lowest BCUT2D eigenvalue weighted by molar-refractivity contribution is -0.680. The number of carbonyl (C=O) groups is 1. The van der Waals surface area contributed by atoms with Crippen molar-refractivity contribution in [2.45, 2.75) is 32.9 Å². The fraction of sp³-hybridized carbons (Fsp3) is 0.263. The lowest BCUT2D eigenvalue weighted by Crippen LogP contribution is -2.47. The molecule has 3 heterocycles. The van der Waals surface area contributed by atoms with Crippen molar-refractivity contribution in [2.75, 3.05) is 0 Å². The molecule has 2 aromatic rings. The van der Waals surface area contributed by atoms with Gasteiger partial charge in [-0.3, -0.25) is 9.59 Å². The van der Waals surface area contributed by atoms with Gasteiger partial charge >= 0.3 is 11.5 Å². The van der Waals surface area contributed by atoms with Crippen LogP contribution >= 0.6 is 0 Å². The highest BCUT2D eigenvalue weighted by Crippen LogP contribution is 2.27. The second-order valence-electron chi connectivity index (χ2n) is 6.10. The van der Waals surface area contributed by atoms with Crippen molar-refractivity contribution < 1.29 is 13.8 Å². The Bertz CT molecular complexity index is 1010. The Kier molecular flexibility index (Phi) is 3.60. The average Bonchev–Trinajstić information content (AvgIpc) is 3.26. The van der Waals surface area contributed by atoms with Crippen molar-refractivity contribution >= 4 is 17.4 Å². The van der Waals surface area contributed by atoms with E-state index in [1.54, 1.807) is 16.7 Å². The molecule has 1 unspecified atom stereocenters. The van der Waals surface area contributed by atoms with Gasteiger partial charge in [0, 0.05) is 0 Å². The van der Waals surface area contributed by atoms with Crippen molar-refractivity contribution in [3.05, 3.63) is 70.1 Å². The number of aromatic nitrogens is 2. The molecule has 0 aromatic carbocycles. The molecule has 1 aliphatic heterocycles. The minimum atomic E-state index is -0.205. The molecule has 1 aliphatic carbocycles. The molecular weight excluding hydrogens is 318 g/mol. The van der Waals surface area contributed by atoms with E-state index in [-0.39, 0.29) is 23.9 Å². The predicted molar refractivity (Wildman–Crippen MR) is 92.5 cm³/mol. The third-order valence-corrected chi connectivity index (χ3v) is 4.71. The summed E-state index contributed by atoms with van der Waals surface area (Å²) in [5, 5.41) is 0. The maximum atomic E-state index is 12.9. The number of rotatable bonds is 4. The predicted octanol–water partition coefficient (Wildman–Crippen LogP) is 2.24. The maximum absolute atomic E-state index is 12.9. The van der Waals surface area contributed by atoms with Crippen LogP contribution in [0.15, 0.2) is 56.9 Å². The Morgan fingerprint density at radius 3 is 2.96 bits per heavy atom. The van der Waals surface area contributed by atoms with E-state index in [2.05, 4.69) is 4.99 Å². The fourth-order valence-corrected chi connectivity index (χ4v) is 3.41. The molecule has 0 fully saturated rings. The van der Waals surface area contributed by atoms with Gasteiger partial charge in [-0.15, -0.1) is 0 Å². The van der Waals surface area contributed by atoms with E-state index in [0.29, 0.717) is 23.7 Å². The van der Waals surface area contributed by atoms with Gasteiger partial charge in [0.25, 0.3) is 0 Å². The third-order valence-electron chi connectivity index (χ3n) is 4.71. The average molecular weight is 336 g/mol. The molecule has 0 spiro atoms. The highest BCUT2D eigenvalue weighted by atomic mass is 16.3. The number of allylic oxidation sites excluding steroid dienone is 4. The Morgan fingerprint density at radius 2 is 2.24 bits per heavy atom. The number of ketones is 1. The molecule has 0 saturated carbocycles. The van der Waals surface area contributed by atoms with Crippen molar-refractivity contribution in [2.24, 2.45) is 4.99 Å². The molecule has 0 saturated heterocycles. The summed E-state index contributed by atoms with van der Waals surface area (Å²) in [4.78, 5) is 30.1. The quantitative estimate of drug-likeness (QED) is 0.635. The van der Waals surface area contributed by atoms with E-state index in [0.717, 1.165) is 11.4 Å². The lowest BCUT2D eigenvalue weighted by atomic mass is 10.1. The first-order valence-corrected chi connectivity index (χ1v) is 8.29. The van der Waals surface area contributed by atoms with E-state index >= 15 is 0 Å². The topological polar surface area (TPSA) is 68.5 Å². The number of aliphatic imine (C=N–C) groups is 1. The third kappa shape index (κ3) is 2.33. The summed E-state index contributed by atoms with van der Waals surface area (Å²) in [6.07, 6.45) is 9.74. The number of nitrogens with zero attached hydrogens (tertiary/aromatic N) is 3. The highest BCUT2D eigenvalue weighted by Gasteiger charge is 2.38. The second-order valence-corrected chi connectivity index (χ2v) is 6.10. The Labute approximate surface area is 144 Å². The van der Waals surface area contributed by atoms with Gasteiger partial charge in [0.15, 0.2) is 17.5 Å². The highest BCUT2D eigenvalue weighted by molar-refractivity contribution is 6.03. The first-order valence-electron chi connectivity index (χ1n) is 8.29. The van der Waals surface area contributed by atoms with Crippen LogP contribution < -0.4 is 10.1 Å². The normalized spacial score (nSPS) is 17.4. The van der Waals surface area contributed by atoms with Crippen LogP contribution in [-0.2, 0) is 13.0 Å². The summed E-state index contributed by atoms with van der Waals surface area (Å²) in [7, 11) is 0. The number of furan rings is 1. The number of fused-ring (bicyclic) bond motifs is 3. The minimum Gasteiger partial charge on any atom is -0.461 e. The molecule has 126 valence electrons. The lowest BCUT2D eigenvalue weighted by Gasteiger charge is -2.13. The molecule has 0 bridgehead atoms. The summed E-state index contributed by atoms with van der Waals surface area (Å²) in [6, 6.07) is 3.13. The number of carbonyl (C=O) groups excluding carboxylic acids is 1. The number of hydrogen-bond donors (Lipinski definition) is 0. The minimum absolute atomic E-state index is 0.0413. The van der Waals surface area contributed by atoms with Crippen molar-refractivity contribution in [3.8, 4) is 0 Å². The summed E-state index contributed by atoms with van der Waals surface area (Å²) in [5.41, 5.74) is 2.25. The standard InChI is InChI=1S/C19H18N3O3/c1-3-13-12(2)21(11-16(23)17-9-6-10-25-17)19-20-14-7-4-5-8-15(14)22(19)18(13)24/h4-10,15H,3,11H2,1-2H3/q+1. The fourth-order valence-electron chi connectivity index (χ4n) is 3.41. The van der Waals surface area contributed by atoms with Crippen LogP contribution in [0.4, 0.5) is 5.95 Å². The van der Waals surface area contributed by atoms with Crippen LogP contribution in [0.5, 0.6) is 0 Å². The second kappa shape index (κ2) is 5.81. The van der Waals surface area contributed by atoms with Gasteiger partial charge in [-0.05, 0) is 37.6 Å². The van der Waals surface area contributed by atoms with E-state index < -0.39 is 0 Å². The molecule has 6 nitrogen and oxygen atoms in total. The Hall–Kier alpha value is -3.02.